The lowest BCUT2D eigenvalue weighted by molar-refractivity contribution is 0.0566. The first-order valence-electron chi connectivity index (χ1n) is 8.41. The van der Waals surface area contributed by atoms with Gasteiger partial charge in [-0.3, -0.25) is 0 Å². The average molecular weight is 293 g/mol. The van der Waals surface area contributed by atoms with Crippen LogP contribution in [0.3, 0.4) is 0 Å². The van der Waals surface area contributed by atoms with Crippen LogP contribution in [-0.4, -0.2) is 19.8 Å². The van der Waals surface area contributed by atoms with E-state index in [1.807, 2.05) is 0 Å². The van der Waals surface area contributed by atoms with Gasteiger partial charge < -0.3 is 9.64 Å². The monoisotopic (exact) mass is 293 g/mol. The third-order valence-corrected chi connectivity index (χ3v) is 5.13. The Kier molecular flexibility index (Phi) is 3.86. The van der Waals surface area contributed by atoms with Crippen LogP contribution in [0.1, 0.15) is 30.0 Å². The van der Waals surface area contributed by atoms with Crippen molar-refractivity contribution in [2.24, 2.45) is 5.92 Å². The maximum Gasteiger partial charge on any atom is 0.0575 e. The van der Waals surface area contributed by atoms with Crippen molar-refractivity contribution in [2.45, 2.75) is 25.3 Å². The number of para-hydroxylation sites is 1. The van der Waals surface area contributed by atoms with E-state index in [9.17, 15) is 0 Å². The largest absolute Gasteiger partial charge is 0.381 e. The minimum atomic E-state index is 0.497. The number of anilines is 1. The molecule has 1 saturated heterocycles. The molecule has 2 aliphatic heterocycles. The Hall–Kier alpha value is -1.80. The number of ether oxygens (including phenoxy) is 1. The van der Waals surface area contributed by atoms with E-state index < -0.39 is 0 Å². The van der Waals surface area contributed by atoms with Gasteiger partial charge in [0.25, 0.3) is 0 Å². The molecule has 4 rings (SSSR count). The van der Waals surface area contributed by atoms with Gasteiger partial charge in [-0.05, 0) is 48.4 Å². The highest BCUT2D eigenvalue weighted by Crippen LogP contribution is 2.41. The maximum atomic E-state index is 5.60. The average Bonchev–Trinajstić information content (AvgIpc) is 2.62. The molecule has 0 bridgehead atoms. The predicted octanol–water partition coefficient (Wildman–Crippen LogP) is 4.22. The van der Waals surface area contributed by atoms with Crippen LogP contribution in [-0.2, 0) is 11.2 Å². The van der Waals surface area contributed by atoms with E-state index in [0.717, 1.165) is 26.2 Å². The quantitative estimate of drug-likeness (QED) is 0.822. The zero-order valence-electron chi connectivity index (χ0n) is 12.9. The molecule has 2 nitrogen and oxygen atoms in total. The first-order chi connectivity index (χ1) is 10.9. The van der Waals surface area contributed by atoms with Crippen LogP contribution in [0.15, 0.2) is 54.6 Å². The number of benzene rings is 2. The highest BCUT2D eigenvalue weighted by Gasteiger charge is 2.34. The predicted molar refractivity (Wildman–Crippen MR) is 90.2 cm³/mol. The summed E-state index contributed by atoms with van der Waals surface area (Å²) in [5.41, 5.74) is 4.42. The van der Waals surface area contributed by atoms with Gasteiger partial charge in [-0.2, -0.15) is 0 Å². The standard InChI is InChI=1S/C20H23NO/c1-2-7-18(8-3-1)21-13-10-16-6-4-5-9-19(16)20(21)17-11-14-22-15-12-17/h1-9,17,20H,10-15H2/t20-/m0/s1. The fourth-order valence-corrected chi connectivity index (χ4v) is 4.05. The Morgan fingerprint density at radius 2 is 1.59 bits per heavy atom. The van der Waals surface area contributed by atoms with Crippen LogP contribution in [0.5, 0.6) is 0 Å². The molecule has 22 heavy (non-hydrogen) atoms. The van der Waals surface area contributed by atoms with Gasteiger partial charge in [0.05, 0.1) is 6.04 Å². The number of nitrogens with zero attached hydrogens (tertiary/aromatic N) is 1. The fraction of sp³-hybridized carbons (Fsp3) is 0.400. The van der Waals surface area contributed by atoms with E-state index in [1.54, 1.807) is 0 Å². The van der Waals surface area contributed by atoms with Crippen molar-refractivity contribution in [3.63, 3.8) is 0 Å². The van der Waals surface area contributed by atoms with Crippen molar-refractivity contribution >= 4 is 5.69 Å². The minimum absolute atomic E-state index is 0.497. The number of fused-ring (bicyclic) bond motifs is 1. The second-order valence-corrected chi connectivity index (χ2v) is 6.37. The summed E-state index contributed by atoms with van der Waals surface area (Å²) in [6.45, 7) is 2.93. The lowest BCUT2D eigenvalue weighted by atomic mass is 9.81. The van der Waals surface area contributed by atoms with Crippen LogP contribution in [0.4, 0.5) is 5.69 Å². The molecule has 0 aliphatic carbocycles. The van der Waals surface area contributed by atoms with Gasteiger partial charge in [0.1, 0.15) is 0 Å². The molecule has 0 unspecified atom stereocenters. The SMILES string of the molecule is c1ccc(N2CCc3ccccc3[C@@H]2C2CCOCC2)cc1. The molecule has 1 fully saturated rings. The molecule has 2 aliphatic rings. The molecule has 0 radical (unpaired) electrons. The van der Waals surface area contributed by atoms with Crippen molar-refractivity contribution in [3.05, 3.63) is 65.7 Å². The summed E-state index contributed by atoms with van der Waals surface area (Å²) in [6, 6.07) is 20.4. The second kappa shape index (κ2) is 6.13. The Labute approximate surface area is 132 Å². The zero-order valence-corrected chi connectivity index (χ0v) is 12.9. The smallest absolute Gasteiger partial charge is 0.0575 e. The van der Waals surface area contributed by atoms with E-state index in [-0.39, 0.29) is 0 Å². The zero-order chi connectivity index (χ0) is 14.8. The van der Waals surface area contributed by atoms with Crippen molar-refractivity contribution in [1.29, 1.82) is 0 Å². The summed E-state index contributed by atoms with van der Waals surface area (Å²) < 4.78 is 5.60. The van der Waals surface area contributed by atoms with Gasteiger partial charge in [0.2, 0.25) is 0 Å². The van der Waals surface area contributed by atoms with Gasteiger partial charge in [-0.25, -0.2) is 0 Å². The van der Waals surface area contributed by atoms with Gasteiger partial charge in [-0.1, -0.05) is 42.5 Å². The first-order valence-corrected chi connectivity index (χ1v) is 8.41. The summed E-state index contributed by atoms with van der Waals surface area (Å²) in [5.74, 6) is 0.690. The molecule has 0 N–H and O–H groups in total. The molecule has 2 heterocycles. The summed E-state index contributed by atoms with van der Waals surface area (Å²) in [5, 5.41) is 0. The van der Waals surface area contributed by atoms with E-state index >= 15 is 0 Å². The Morgan fingerprint density at radius 3 is 2.41 bits per heavy atom. The Morgan fingerprint density at radius 1 is 0.864 bits per heavy atom. The van der Waals surface area contributed by atoms with Crippen molar-refractivity contribution in [1.82, 2.24) is 0 Å². The topological polar surface area (TPSA) is 12.5 Å². The van der Waals surface area contributed by atoms with E-state index in [2.05, 4.69) is 59.5 Å². The lowest BCUT2D eigenvalue weighted by Crippen LogP contribution is -2.41. The minimum Gasteiger partial charge on any atom is -0.381 e. The van der Waals surface area contributed by atoms with Crippen molar-refractivity contribution < 1.29 is 4.74 Å². The highest BCUT2D eigenvalue weighted by atomic mass is 16.5. The van der Waals surface area contributed by atoms with Crippen LogP contribution in [0.25, 0.3) is 0 Å². The summed E-state index contributed by atoms with van der Waals surface area (Å²) >= 11 is 0. The molecule has 2 aromatic carbocycles. The van der Waals surface area contributed by atoms with Crippen molar-refractivity contribution in [3.8, 4) is 0 Å². The molecule has 1 atom stereocenters. The van der Waals surface area contributed by atoms with E-state index in [1.165, 1.54) is 29.7 Å². The van der Waals surface area contributed by atoms with Crippen LogP contribution in [0.2, 0.25) is 0 Å². The summed E-state index contributed by atoms with van der Waals surface area (Å²) in [6.07, 6.45) is 3.48. The third kappa shape index (κ3) is 2.52. The number of hydrogen-bond donors (Lipinski definition) is 0. The van der Waals surface area contributed by atoms with Crippen LogP contribution < -0.4 is 4.90 Å². The molecule has 0 spiro atoms. The lowest BCUT2D eigenvalue weighted by Gasteiger charge is -2.44. The molecule has 2 aromatic rings. The third-order valence-electron chi connectivity index (χ3n) is 5.13. The molecular weight excluding hydrogens is 270 g/mol. The number of hydrogen-bond acceptors (Lipinski definition) is 2. The highest BCUT2D eigenvalue weighted by molar-refractivity contribution is 5.52. The van der Waals surface area contributed by atoms with E-state index in [0.29, 0.717) is 12.0 Å². The van der Waals surface area contributed by atoms with Crippen LogP contribution in [0, 0.1) is 5.92 Å². The van der Waals surface area contributed by atoms with Gasteiger partial charge in [-0.15, -0.1) is 0 Å². The van der Waals surface area contributed by atoms with E-state index in [4.69, 9.17) is 4.74 Å². The van der Waals surface area contributed by atoms with Gasteiger partial charge in [0, 0.05) is 25.4 Å². The second-order valence-electron chi connectivity index (χ2n) is 6.37. The Bertz CT molecular complexity index is 619. The molecule has 114 valence electrons. The molecule has 0 aromatic heterocycles. The maximum absolute atomic E-state index is 5.60. The molecule has 2 heteroatoms. The molecular formula is C20H23NO. The molecule has 0 saturated carbocycles. The van der Waals surface area contributed by atoms with Crippen molar-refractivity contribution in [2.75, 3.05) is 24.7 Å². The first kappa shape index (κ1) is 13.8. The Balaban J connectivity index is 1.74. The number of rotatable bonds is 2. The summed E-state index contributed by atoms with van der Waals surface area (Å²) in [4.78, 5) is 2.62. The van der Waals surface area contributed by atoms with Gasteiger partial charge in [0.15, 0.2) is 0 Å². The van der Waals surface area contributed by atoms with Crippen LogP contribution >= 0.6 is 0 Å². The molecule has 0 amide bonds. The normalized spacial score (nSPS) is 22.4. The fourth-order valence-electron chi connectivity index (χ4n) is 4.05. The van der Waals surface area contributed by atoms with Gasteiger partial charge >= 0.3 is 0 Å². The summed E-state index contributed by atoms with van der Waals surface area (Å²) in [7, 11) is 0.